The van der Waals surface area contributed by atoms with E-state index < -0.39 is 5.97 Å². The predicted octanol–water partition coefficient (Wildman–Crippen LogP) is 2.41. The maximum atomic E-state index is 12.2. The summed E-state index contributed by atoms with van der Waals surface area (Å²) < 4.78 is 5.05. The van der Waals surface area contributed by atoms with Crippen LogP contribution in [0.15, 0.2) is 0 Å². The summed E-state index contributed by atoms with van der Waals surface area (Å²) >= 11 is 1.33. The van der Waals surface area contributed by atoms with E-state index in [1.165, 1.54) is 16.2 Å². The van der Waals surface area contributed by atoms with Gasteiger partial charge >= 0.3 is 5.97 Å². The normalized spacial score (nSPS) is 14.1. The average Bonchev–Trinajstić information content (AvgIpc) is 3.00. The van der Waals surface area contributed by atoms with Crippen LogP contribution in [0.1, 0.15) is 53.4 Å². The zero-order chi connectivity index (χ0) is 18.6. The van der Waals surface area contributed by atoms with Crippen LogP contribution >= 0.6 is 11.3 Å². The molecule has 1 aliphatic rings. The first-order valence-corrected chi connectivity index (χ1v) is 9.07. The molecule has 0 saturated carbocycles. The first-order chi connectivity index (χ1) is 11.8. The van der Waals surface area contributed by atoms with Gasteiger partial charge in [-0.3, -0.25) is 19.3 Å². The molecule has 7 nitrogen and oxygen atoms in total. The van der Waals surface area contributed by atoms with Crippen LogP contribution in [0.4, 0.5) is 5.00 Å². The number of anilines is 1. The highest BCUT2D eigenvalue weighted by Crippen LogP contribution is 2.33. The summed E-state index contributed by atoms with van der Waals surface area (Å²) in [5.41, 5.74) is 1.19. The van der Waals surface area contributed by atoms with Gasteiger partial charge in [0.05, 0.1) is 12.2 Å². The topological polar surface area (TPSA) is 92.8 Å². The van der Waals surface area contributed by atoms with E-state index in [4.69, 9.17) is 4.74 Å². The second kappa shape index (κ2) is 8.24. The Bertz CT molecular complexity index is 694. The third-order valence-corrected chi connectivity index (χ3v) is 5.18. The minimum atomic E-state index is -0.451. The molecule has 1 aromatic heterocycles. The summed E-state index contributed by atoms with van der Waals surface area (Å²) in [6, 6.07) is 0. The largest absolute Gasteiger partial charge is 0.462 e. The number of carbonyl (C=O) groups is 4. The van der Waals surface area contributed by atoms with Gasteiger partial charge in [-0.1, -0.05) is 0 Å². The van der Waals surface area contributed by atoms with Crippen LogP contribution in [0.25, 0.3) is 0 Å². The predicted molar refractivity (Wildman–Crippen MR) is 93.6 cm³/mol. The van der Waals surface area contributed by atoms with Crippen LogP contribution in [0.2, 0.25) is 0 Å². The molecule has 1 saturated heterocycles. The molecule has 2 rings (SSSR count). The van der Waals surface area contributed by atoms with Gasteiger partial charge in [0.2, 0.25) is 17.7 Å². The second-order valence-electron chi connectivity index (χ2n) is 5.80. The summed E-state index contributed by atoms with van der Waals surface area (Å²) in [6.07, 6.45) is 1.06. The number of amides is 3. The van der Waals surface area contributed by atoms with Crippen molar-refractivity contribution in [2.24, 2.45) is 0 Å². The van der Waals surface area contributed by atoms with E-state index in [1.807, 2.05) is 13.8 Å². The lowest BCUT2D eigenvalue weighted by Crippen LogP contribution is -2.30. The van der Waals surface area contributed by atoms with E-state index in [-0.39, 0.29) is 50.1 Å². The van der Waals surface area contributed by atoms with E-state index in [9.17, 15) is 19.2 Å². The standard InChI is InChI=1S/C17H22N2O5S/c1-4-24-17(23)15-10(2)11(3)25-16(15)18-12(20)6-5-9-19-13(21)7-8-14(19)22/h4-9H2,1-3H3,(H,18,20). The molecule has 0 atom stereocenters. The Hall–Kier alpha value is -2.22. The molecule has 8 heteroatoms. The van der Waals surface area contributed by atoms with Crippen molar-refractivity contribution in [1.82, 2.24) is 4.90 Å². The molecule has 0 aromatic carbocycles. The fourth-order valence-electron chi connectivity index (χ4n) is 2.62. The minimum Gasteiger partial charge on any atom is -0.462 e. The number of aryl methyl sites for hydroxylation is 1. The number of nitrogens with zero attached hydrogens (tertiary/aromatic N) is 1. The first kappa shape index (κ1) is 19.1. The molecule has 3 amide bonds. The lowest BCUT2D eigenvalue weighted by atomic mass is 10.1. The molecule has 1 N–H and O–H groups in total. The number of ether oxygens (including phenoxy) is 1. The smallest absolute Gasteiger partial charge is 0.341 e. The van der Waals surface area contributed by atoms with Crippen molar-refractivity contribution in [2.45, 2.75) is 46.5 Å². The van der Waals surface area contributed by atoms with Crippen molar-refractivity contribution in [3.63, 3.8) is 0 Å². The lowest BCUT2D eigenvalue weighted by Gasteiger charge is -2.13. The van der Waals surface area contributed by atoms with Crippen molar-refractivity contribution in [2.75, 3.05) is 18.5 Å². The van der Waals surface area contributed by atoms with Gasteiger partial charge < -0.3 is 10.1 Å². The molecule has 0 unspecified atom stereocenters. The van der Waals surface area contributed by atoms with Crippen molar-refractivity contribution in [3.8, 4) is 0 Å². The molecular weight excluding hydrogens is 344 g/mol. The number of thiophene rings is 1. The maximum absolute atomic E-state index is 12.2. The average molecular weight is 366 g/mol. The van der Waals surface area contributed by atoms with Gasteiger partial charge in [0.1, 0.15) is 5.00 Å². The van der Waals surface area contributed by atoms with E-state index >= 15 is 0 Å². The van der Waals surface area contributed by atoms with Crippen LogP contribution in [0.5, 0.6) is 0 Å². The van der Waals surface area contributed by atoms with Crippen LogP contribution < -0.4 is 5.32 Å². The van der Waals surface area contributed by atoms with Gasteiger partial charge in [-0.2, -0.15) is 0 Å². The molecule has 1 aliphatic heterocycles. The van der Waals surface area contributed by atoms with E-state index in [0.717, 1.165) is 10.4 Å². The molecular formula is C17H22N2O5S. The maximum Gasteiger partial charge on any atom is 0.341 e. The molecule has 1 aromatic rings. The summed E-state index contributed by atoms with van der Waals surface area (Å²) in [4.78, 5) is 49.4. The Morgan fingerprint density at radius 2 is 1.84 bits per heavy atom. The number of hydrogen-bond acceptors (Lipinski definition) is 6. The Kier molecular flexibility index (Phi) is 6.30. The quantitative estimate of drug-likeness (QED) is 0.591. The first-order valence-electron chi connectivity index (χ1n) is 8.25. The number of likely N-dealkylation sites (tertiary alicyclic amines) is 1. The summed E-state index contributed by atoms with van der Waals surface area (Å²) in [5.74, 6) is -1.07. The number of rotatable bonds is 7. The summed E-state index contributed by atoms with van der Waals surface area (Å²) in [5, 5.41) is 3.23. The number of hydrogen-bond donors (Lipinski definition) is 1. The highest BCUT2D eigenvalue weighted by molar-refractivity contribution is 7.16. The van der Waals surface area contributed by atoms with Crippen molar-refractivity contribution >= 4 is 40.0 Å². The van der Waals surface area contributed by atoms with Crippen molar-refractivity contribution < 1.29 is 23.9 Å². The van der Waals surface area contributed by atoms with E-state index in [2.05, 4.69) is 5.32 Å². The minimum absolute atomic E-state index is 0.162. The Labute approximate surface area is 150 Å². The summed E-state index contributed by atoms with van der Waals surface area (Å²) in [6.45, 7) is 5.93. The van der Waals surface area contributed by atoms with Crippen LogP contribution in [-0.2, 0) is 19.1 Å². The lowest BCUT2D eigenvalue weighted by molar-refractivity contribution is -0.138. The SMILES string of the molecule is CCOC(=O)c1c(NC(=O)CCCN2C(=O)CCC2=O)sc(C)c1C. The Morgan fingerprint density at radius 3 is 2.44 bits per heavy atom. The zero-order valence-electron chi connectivity index (χ0n) is 14.6. The molecule has 0 bridgehead atoms. The Balaban J connectivity index is 1.94. The van der Waals surface area contributed by atoms with Crippen molar-refractivity contribution in [1.29, 1.82) is 0 Å². The molecule has 0 radical (unpaired) electrons. The molecule has 0 aliphatic carbocycles. The number of imide groups is 1. The van der Waals surface area contributed by atoms with E-state index in [0.29, 0.717) is 17.0 Å². The number of esters is 1. The highest BCUT2D eigenvalue weighted by Gasteiger charge is 2.28. The zero-order valence-corrected chi connectivity index (χ0v) is 15.5. The number of nitrogens with one attached hydrogen (secondary N) is 1. The third kappa shape index (κ3) is 4.45. The molecule has 25 heavy (non-hydrogen) atoms. The molecule has 136 valence electrons. The van der Waals surface area contributed by atoms with Crippen LogP contribution in [0.3, 0.4) is 0 Å². The van der Waals surface area contributed by atoms with Gasteiger partial charge in [0.15, 0.2) is 0 Å². The second-order valence-corrected chi connectivity index (χ2v) is 7.02. The van der Waals surface area contributed by atoms with Gasteiger partial charge in [-0.25, -0.2) is 4.79 Å². The monoisotopic (exact) mass is 366 g/mol. The van der Waals surface area contributed by atoms with Gasteiger partial charge in [0, 0.05) is 30.7 Å². The van der Waals surface area contributed by atoms with Gasteiger partial charge in [-0.05, 0) is 32.8 Å². The molecule has 2 heterocycles. The fourth-order valence-corrected chi connectivity index (χ4v) is 3.69. The van der Waals surface area contributed by atoms with Crippen LogP contribution in [0, 0.1) is 13.8 Å². The fraction of sp³-hybridized carbons (Fsp3) is 0.529. The third-order valence-electron chi connectivity index (χ3n) is 4.06. The van der Waals surface area contributed by atoms with E-state index in [1.54, 1.807) is 6.92 Å². The molecule has 0 spiro atoms. The molecule has 1 fully saturated rings. The van der Waals surface area contributed by atoms with Crippen molar-refractivity contribution in [3.05, 3.63) is 16.0 Å². The van der Waals surface area contributed by atoms with Gasteiger partial charge in [-0.15, -0.1) is 11.3 Å². The summed E-state index contributed by atoms with van der Waals surface area (Å²) in [7, 11) is 0. The number of carbonyl (C=O) groups excluding carboxylic acids is 4. The Morgan fingerprint density at radius 1 is 1.20 bits per heavy atom. The van der Waals surface area contributed by atoms with Crippen LogP contribution in [-0.4, -0.2) is 41.7 Å². The highest BCUT2D eigenvalue weighted by atomic mass is 32.1. The van der Waals surface area contributed by atoms with Gasteiger partial charge in [0.25, 0.3) is 0 Å².